The minimum Gasteiger partial charge on any atom is -0.476 e. The summed E-state index contributed by atoms with van der Waals surface area (Å²) >= 11 is 4.70. The molecule has 0 aliphatic carbocycles. The Morgan fingerprint density at radius 3 is 3.00 bits per heavy atom. The predicted octanol–water partition coefficient (Wildman–Crippen LogP) is 3.56. The first kappa shape index (κ1) is 13.0. The molecule has 0 aromatic carbocycles. The topological polar surface area (TPSA) is 51.2 Å². The molecule has 2 aromatic heterocycles. The summed E-state index contributed by atoms with van der Waals surface area (Å²) in [5, 5.41) is 2.79. The van der Waals surface area contributed by atoms with E-state index in [1.807, 2.05) is 13.0 Å². The van der Waals surface area contributed by atoms with Gasteiger partial charge in [0.25, 0.3) is 5.91 Å². The first-order chi connectivity index (χ1) is 8.70. The normalized spacial score (nSPS) is 10.1. The number of halogens is 1. The molecule has 0 atom stereocenters. The number of pyridine rings is 1. The molecule has 0 bridgehead atoms. The molecule has 0 aliphatic heterocycles. The summed E-state index contributed by atoms with van der Waals surface area (Å²) in [7, 11) is 0. The van der Waals surface area contributed by atoms with Gasteiger partial charge in [0.15, 0.2) is 0 Å². The molecule has 1 amide bonds. The van der Waals surface area contributed by atoms with E-state index in [2.05, 4.69) is 26.2 Å². The highest BCUT2D eigenvalue weighted by molar-refractivity contribution is 9.11. The summed E-state index contributed by atoms with van der Waals surface area (Å²) < 4.78 is 6.27. The predicted molar refractivity (Wildman–Crippen MR) is 75.4 cm³/mol. The zero-order valence-electron chi connectivity index (χ0n) is 9.64. The lowest BCUT2D eigenvalue weighted by Crippen LogP contribution is -2.11. The fraction of sp³-hybridized carbons (Fsp3) is 0.167. The van der Waals surface area contributed by atoms with Gasteiger partial charge in [-0.05, 0) is 47.1 Å². The van der Waals surface area contributed by atoms with E-state index in [9.17, 15) is 4.79 Å². The number of hydrogen-bond acceptors (Lipinski definition) is 4. The minimum atomic E-state index is -0.167. The summed E-state index contributed by atoms with van der Waals surface area (Å²) in [4.78, 5) is 16.7. The van der Waals surface area contributed by atoms with E-state index in [4.69, 9.17) is 4.74 Å². The van der Waals surface area contributed by atoms with Crippen molar-refractivity contribution < 1.29 is 9.53 Å². The Morgan fingerprint density at radius 2 is 2.33 bits per heavy atom. The minimum absolute atomic E-state index is 0.167. The molecule has 0 unspecified atom stereocenters. The van der Waals surface area contributed by atoms with E-state index in [0.29, 0.717) is 23.1 Å². The van der Waals surface area contributed by atoms with Crippen molar-refractivity contribution in [1.82, 2.24) is 4.98 Å². The van der Waals surface area contributed by atoms with Crippen LogP contribution < -0.4 is 10.1 Å². The van der Waals surface area contributed by atoms with Crippen LogP contribution in [-0.2, 0) is 0 Å². The standard InChI is InChI=1S/C12H11BrN2O2S/c1-2-17-12-8(4-3-7-14-12)15-11(16)9-5-6-10(13)18-9/h3-7H,2H2,1H3,(H,15,16). The SMILES string of the molecule is CCOc1ncccc1NC(=O)c1ccc(Br)s1. The zero-order valence-corrected chi connectivity index (χ0v) is 12.0. The molecule has 0 aliphatic rings. The lowest BCUT2D eigenvalue weighted by atomic mass is 10.3. The van der Waals surface area contributed by atoms with E-state index in [1.165, 1.54) is 11.3 Å². The van der Waals surface area contributed by atoms with Crippen molar-refractivity contribution in [2.45, 2.75) is 6.92 Å². The second-order valence-electron chi connectivity index (χ2n) is 3.35. The monoisotopic (exact) mass is 326 g/mol. The van der Waals surface area contributed by atoms with Crippen LogP contribution in [0.2, 0.25) is 0 Å². The van der Waals surface area contributed by atoms with Gasteiger partial charge in [0.05, 0.1) is 15.3 Å². The van der Waals surface area contributed by atoms with Crippen molar-refractivity contribution in [3.05, 3.63) is 39.1 Å². The van der Waals surface area contributed by atoms with Crippen LogP contribution in [0.4, 0.5) is 5.69 Å². The number of ether oxygens (including phenoxy) is 1. The van der Waals surface area contributed by atoms with Crippen molar-refractivity contribution in [3.63, 3.8) is 0 Å². The van der Waals surface area contributed by atoms with Crippen LogP contribution in [-0.4, -0.2) is 17.5 Å². The second kappa shape index (κ2) is 5.97. The van der Waals surface area contributed by atoms with Gasteiger partial charge in [-0.1, -0.05) is 0 Å². The molecule has 0 spiro atoms. The van der Waals surface area contributed by atoms with Crippen molar-refractivity contribution >= 4 is 38.9 Å². The number of nitrogens with zero attached hydrogens (tertiary/aromatic N) is 1. The molecule has 4 nitrogen and oxygen atoms in total. The molecule has 0 saturated heterocycles. The summed E-state index contributed by atoms with van der Waals surface area (Å²) in [5.41, 5.74) is 0.578. The Labute approximate surface area is 117 Å². The maximum absolute atomic E-state index is 12.0. The molecule has 2 rings (SSSR count). The lowest BCUT2D eigenvalue weighted by Gasteiger charge is -2.08. The van der Waals surface area contributed by atoms with Crippen LogP contribution >= 0.6 is 27.3 Å². The molecule has 1 N–H and O–H groups in total. The maximum atomic E-state index is 12.0. The third-order valence-corrected chi connectivity index (χ3v) is 3.72. The van der Waals surface area contributed by atoms with Crippen molar-refractivity contribution in [3.8, 4) is 5.88 Å². The van der Waals surface area contributed by atoms with E-state index in [-0.39, 0.29) is 5.91 Å². The molecule has 94 valence electrons. The van der Waals surface area contributed by atoms with Crippen LogP contribution in [0.5, 0.6) is 5.88 Å². The quantitative estimate of drug-likeness (QED) is 0.934. The molecule has 0 saturated carbocycles. The molecule has 0 fully saturated rings. The number of aromatic nitrogens is 1. The van der Waals surface area contributed by atoms with E-state index >= 15 is 0 Å². The first-order valence-electron chi connectivity index (χ1n) is 5.35. The largest absolute Gasteiger partial charge is 0.476 e. The number of carbonyl (C=O) groups excluding carboxylic acids is 1. The number of thiophene rings is 1. The van der Waals surface area contributed by atoms with Crippen LogP contribution in [0.3, 0.4) is 0 Å². The van der Waals surface area contributed by atoms with Gasteiger partial charge in [0.2, 0.25) is 5.88 Å². The number of rotatable bonds is 4. The average molecular weight is 327 g/mol. The third-order valence-electron chi connectivity index (χ3n) is 2.10. The number of anilines is 1. The van der Waals surface area contributed by atoms with Crippen LogP contribution in [0.25, 0.3) is 0 Å². The molecule has 0 radical (unpaired) electrons. The molecule has 2 aromatic rings. The van der Waals surface area contributed by atoms with Gasteiger partial charge in [-0.3, -0.25) is 4.79 Å². The van der Waals surface area contributed by atoms with Gasteiger partial charge in [-0.15, -0.1) is 11.3 Å². The maximum Gasteiger partial charge on any atom is 0.265 e. The highest BCUT2D eigenvalue weighted by Gasteiger charge is 2.12. The lowest BCUT2D eigenvalue weighted by molar-refractivity contribution is 0.103. The van der Waals surface area contributed by atoms with Gasteiger partial charge in [0.1, 0.15) is 5.69 Å². The average Bonchev–Trinajstić information content (AvgIpc) is 2.79. The molecule has 6 heteroatoms. The summed E-state index contributed by atoms with van der Waals surface area (Å²) in [5.74, 6) is 0.267. The van der Waals surface area contributed by atoms with E-state index in [1.54, 1.807) is 24.4 Å². The number of amides is 1. The van der Waals surface area contributed by atoms with Crippen LogP contribution in [0.1, 0.15) is 16.6 Å². The highest BCUT2D eigenvalue weighted by atomic mass is 79.9. The fourth-order valence-corrected chi connectivity index (χ4v) is 2.64. The molecule has 18 heavy (non-hydrogen) atoms. The smallest absolute Gasteiger partial charge is 0.265 e. The van der Waals surface area contributed by atoms with Crippen LogP contribution in [0.15, 0.2) is 34.2 Å². The Morgan fingerprint density at radius 1 is 1.50 bits per heavy atom. The Balaban J connectivity index is 2.16. The Kier molecular flexibility index (Phi) is 4.33. The van der Waals surface area contributed by atoms with Gasteiger partial charge in [0, 0.05) is 6.20 Å². The fourth-order valence-electron chi connectivity index (χ4n) is 1.36. The summed E-state index contributed by atoms with van der Waals surface area (Å²) in [6, 6.07) is 7.12. The van der Waals surface area contributed by atoms with Gasteiger partial charge >= 0.3 is 0 Å². The van der Waals surface area contributed by atoms with Gasteiger partial charge in [-0.25, -0.2) is 4.98 Å². The number of nitrogens with one attached hydrogen (secondary N) is 1. The zero-order chi connectivity index (χ0) is 13.0. The Hall–Kier alpha value is -1.40. The van der Waals surface area contributed by atoms with Crippen LogP contribution in [0, 0.1) is 0 Å². The third kappa shape index (κ3) is 3.08. The second-order valence-corrected chi connectivity index (χ2v) is 5.81. The van der Waals surface area contributed by atoms with E-state index in [0.717, 1.165) is 3.79 Å². The highest BCUT2D eigenvalue weighted by Crippen LogP contribution is 2.25. The van der Waals surface area contributed by atoms with E-state index < -0.39 is 0 Å². The van der Waals surface area contributed by atoms with Gasteiger partial charge < -0.3 is 10.1 Å². The first-order valence-corrected chi connectivity index (χ1v) is 6.96. The number of carbonyl (C=O) groups is 1. The number of hydrogen-bond donors (Lipinski definition) is 1. The Bertz CT molecular complexity index is 557. The van der Waals surface area contributed by atoms with Crippen molar-refractivity contribution in [2.24, 2.45) is 0 Å². The van der Waals surface area contributed by atoms with Gasteiger partial charge in [-0.2, -0.15) is 0 Å². The van der Waals surface area contributed by atoms with Crippen molar-refractivity contribution in [2.75, 3.05) is 11.9 Å². The van der Waals surface area contributed by atoms with Crippen molar-refractivity contribution in [1.29, 1.82) is 0 Å². The summed E-state index contributed by atoms with van der Waals surface area (Å²) in [6.45, 7) is 2.38. The molecule has 2 heterocycles. The molecular formula is C12H11BrN2O2S. The summed E-state index contributed by atoms with van der Waals surface area (Å²) in [6.07, 6.45) is 1.63. The molecular weight excluding hydrogens is 316 g/mol.